The van der Waals surface area contributed by atoms with Gasteiger partial charge in [0.1, 0.15) is 23.7 Å². The minimum absolute atomic E-state index is 0.131. The van der Waals surface area contributed by atoms with Gasteiger partial charge in [-0.25, -0.2) is 14.1 Å². The van der Waals surface area contributed by atoms with Crippen molar-refractivity contribution in [3.63, 3.8) is 0 Å². The van der Waals surface area contributed by atoms with Crippen LogP contribution in [0.5, 0.6) is 5.75 Å². The first-order valence-corrected chi connectivity index (χ1v) is 10.3. The summed E-state index contributed by atoms with van der Waals surface area (Å²) in [6.07, 6.45) is 1.33. The molecule has 6 nitrogen and oxygen atoms in total. The van der Waals surface area contributed by atoms with Crippen LogP contribution in [0.1, 0.15) is 16.7 Å². The van der Waals surface area contributed by atoms with Gasteiger partial charge in [0.2, 0.25) is 0 Å². The lowest BCUT2D eigenvalue weighted by molar-refractivity contribution is -0.122. The minimum Gasteiger partial charge on any atom is -0.488 e. The third kappa shape index (κ3) is 4.94. The zero-order valence-electron chi connectivity index (χ0n) is 17.5. The topological polar surface area (TPSA) is 75.7 Å². The number of halogens is 2. The van der Waals surface area contributed by atoms with Crippen LogP contribution in [-0.2, 0) is 16.2 Å². The standard InChI is InChI=1S/C25H18ClFN2O4/c1-15-3-2-4-20(11-15)29-24(31)21(23(30)28-25(29)32)13-17-12-18(26)7-10-22(17)33-14-16-5-8-19(27)9-6-16/h2-13H,14H2,1H3,(H,28,30,32)/b21-13+. The van der Waals surface area contributed by atoms with E-state index in [0.717, 1.165) is 16.0 Å². The van der Waals surface area contributed by atoms with Crippen LogP contribution in [0, 0.1) is 12.7 Å². The lowest BCUT2D eigenvalue weighted by Crippen LogP contribution is -2.54. The second kappa shape index (κ2) is 9.26. The summed E-state index contributed by atoms with van der Waals surface area (Å²) < 4.78 is 19.0. The van der Waals surface area contributed by atoms with Gasteiger partial charge in [-0.2, -0.15) is 0 Å². The molecule has 8 heteroatoms. The fourth-order valence-electron chi connectivity index (χ4n) is 3.32. The maximum absolute atomic E-state index is 13.1. The molecule has 0 aromatic heterocycles. The molecule has 0 saturated carbocycles. The second-order valence-electron chi connectivity index (χ2n) is 7.39. The molecule has 0 radical (unpaired) electrons. The molecular weight excluding hydrogens is 447 g/mol. The van der Waals surface area contributed by atoms with Gasteiger partial charge >= 0.3 is 6.03 Å². The quantitative estimate of drug-likeness (QED) is 0.424. The first-order valence-electron chi connectivity index (χ1n) is 9.97. The van der Waals surface area contributed by atoms with Crippen molar-refractivity contribution in [1.82, 2.24) is 5.32 Å². The van der Waals surface area contributed by atoms with Crippen molar-refractivity contribution in [2.45, 2.75) is 13.5 Å². The Bertz CT molecular complexity index is 1290. The van der Waals surface area contributed by atoms with Gasteiger partial charge in [-0.15, -0.1) is 0 Å². The number of anilines is 1. The number of rotatable bonds is 5. The van der Waals surface area contributed by atoms with E-state index in [2.05, 4.69) is 5.32 Å². The van der Waals surface area contributed by atoms with Crippen molar-refractivity contribution in [3.05, 3.63) is 99.8 Å². The van der Waals surface area contributed by atoms with Crippen LogP contribution >= 0.6 is 11.6 Å². The van der Waals surface area contributed by atoms with Crippen LogP contribution in [-0.4, -0.2) is 17.8 Å². The Kier molecular flexibility index (Phi) is 6.24. The number of benzene rings is 3. The Morgan fingerprint density at radius 3 is 2.52 bits per heavy atom. The molecule has 3 aromatic rings. The first kappa shape index (κ1) is 22.2. The number of carbonyl (C=O) groups excluding carboxylic acids is 3. The van der Waals surface area contributed by atoms with E-state index < -0.39 is 17.8 Å². The van der Waals surface area contributed by atoms with E-state index in [4.69, 9.17) is 16.3 Å². The van der Waals surface area contributed by atoms with Crippen LogP contribution in [0.4, 0.5) is 14.9 Å². The average molecular weight is 465 g/mol. The Balaban J connectivity index is 1.67. The number of amides is 4. The van der Waals surface area contributed by atoms with Gasteiger partial charge in [-0.1, -0.05) is 35.9 Å². The van der Waals surface area contributed by atoms with Crippen LogP contribution < -0.4 is 15.0 Å². The van der Waals surface area contributed by atoms with E-state index >= 15 is 0 Å². The van der Waals surface area contributed by atoms with Crippen molar-refractivity contribution in [1.29, 1.82) is 0 Å². The van der Waals surface area contributed by atoms with E-state index in [-0.39, 0.29) is 18.0 Å². The lowest BCUT2D eigenvalue weighted by Gasteiger charge is -2.26. The average Bonchev–Trinajstić information content (AvgIpc) is 2.77. The molecule has 1 aliphatic heterocycles. The predicted molar refractivity (Wildman–Crippen MR) is 122 cm³/mol. The number of urea groups is 1. The summed E-state index contributed by atoms with van der Waals surface area (Å²) in [5.41, 5.74) is 2.05. The fourth-order valence-corrected chi connectivity index (χ4v) is 3.50. The summed E-state index contributed by atoms with van der Waals surface area (Å²) in [7, 11) is 0. The number of hydrogen-bond donors (Lipinski definition) is 1. The van der Waals surface area contributed by atoms with Gasteiger partial charge in [-0.05, 0) is 66.6 Å². The van der Waals surface area contributed by atoms with E-state index in [1.54, 1.807) is 48.5 Å². The van der Waals surface area contributed by atoms with Gasteiger partial charge in [0.25, 0.3) is 11.8 Å². The number of carbonyl (C=O) groups is 3. The molecule has 166 valence electrons. The molecule has 0 bridgehead atoms. The lowest BCUT2D eigenvalue weighted by atomic mass is 10.1. The van der Waals surface area contributed by atoms with Crippen molar-refractivity contribution >= 4 is 41.2 Å². The highest BCUT2D eigenvalue weighted by Gasteiger charge is 2.37. The number of nitrogens with one attached hydrogen (secondary N) is 1. The maximum Gasteiger partial charge on any atom is 0.335 e. The molecule has 0 atom stereocenters. The summed E-state index contributed by atoms with van der Waals surface area (Å²) in [4.78, 5) is 39.0. The molecule has 1 fully saturated rings. The van der Waals surface area contributed by atoms with Gasteiger partial charge in [0.05, 0.1) is 5.69 Å². The Morgan fingerprint density at radius 1 is 1.03 bits per heavy atom. The van der Waals surface area contributed by atoms with Crippen molar-refractivity contribution in [2.24, 2.45) is 0 Å². The predicted octanol–water partition coefficient (Wildman–Crippen LogP) is 5.03. The highest BCUT2D eigenvalue weighted by molar-refractivity contribution is 6.39. The number of barbiturate groups is 1. The minimum atomic E-state index is -0.827. The molecule has 1 N–H and O–H groups in total. The van der Waals surface area contributed by atoms with E-state index in [1.165, 1.54) is 18.2 Å². The number of hydrogen-bond acceptors (Lipinski definition) is 4. The smallest absolute Gasteiger partial charge is 0.335 e. The van der Waals surface area contributed by atoms with Crippen molar-refractivity contribution in [2.75, 3.05) is 4.90 Å². The van der Waals surface area contributed by atoms with Crippen molar-refractivity contribution in [3.8, 4) is 5.75 Å². The molecular formula is C25H18ClFN2O4. The highest BCUT2D eigenvalue weighted by Crippen LogP contribution is 2.28. The number of ether oxygens (including phenoxy) is 1. The Labute approximate surface area is 194 Å². The molecule has 4 rings (SSSR count). The van der Waals surface area contributed by atoms with Crippen LogP contribution in [0.15, 0.2) is 72.3 Å². The van der Waals surface area contributed by atoms with Gasteiger partial charge < -0.3 is 4.74 Å². The molecule has 0 spiro atoms. The second-order valence-corrected chi connectivity index (χ2v) is 7.83. The number of nitrogens with zero attached hydrogens (tertiary/aromatic N) is 1. The molecule has 3 aromatic carbocycles. The van der Waals surface area contributed by atoms with Gasteiger partial charge in [0, 0.05) is 10.6 Å². The van der Waals surface area contributed by atoms with Crippen LogP contribution in [0.2, 0.25) is 5.02 Å². The normalized spacial score (nSPS) is 15.1. The van der Waals surface area contributed by atoms with E-state index in [1.807, 2.05) is 13.0 Å². The fraction of sp³-hybridized carbons (Fsp3) is 0.0800. The molecule has 0 unspecified atom stereocenters. The van der Waals surface area contributed by atoms with Crippen molar-refractivity contribution < 1.29 is 23.5 Å². The SMILES string of the molecule is Cc1cccc(N2C(=O)NC(=O)/C(=C\c3cc(Cl)ccc3OCc3ccc(F)cc3)C2=O)c1. The monoisotopic (exact) mass is 464 g/mol. The molecule has 1 heterocycles. The largest absolute Gasteiger partial charge is 0.488 e. The summed E-state index contributed by atoms with van der Waals surface area (Å²) in [5, 5.41) is 2.56. The van der Waals surface area contributed by atoms with Crippen LogP contribution in [0.3, 0.4) is 0 Å². The Hall–Kier alpha value is -3.97. The molecule has 1 aliphatic rings. The van der Waals surface area contributed by atoms with Crippen LogP contribution in [0.25, 0.3) is 6.08 Å². The summed E-state index contributed by atoms with van der Waals surface area (Å²) in [6.45, 7) is 1.96. The molecule has 4 amide bonds. The summed E-state index contributed by atoms with van der Waals surface area (Å²) in [6, 6.07) is 16.6. The molecule has 0 aliphatic carbocycles. The summed E-state index contributed by atoms with van der Waals surface area (Å²) >= 11 is 6.13. The zero-order chi connectivity index (χ0) is 23.5. The van der Waals surface area contributed by atoms with E-state index in [0.29, 0.717) is 22.0 Å². The first-order chi connectivity index (χ1) is 15.8. The Morgan fingerprint density at radius 2 is 1.79 bits per heavy atom. The summed E-state index contributed by atoms with van der Waals surface area (Å²) in [5.74, 6) is -1.58. The third-order valence-electron chi connectivity index (χ3n) is 4.94. The molecule has 1 saturated heterocycles. The number of aryl methyl sites for hydroxylation is 1. The van der Waals surface area contributed by atoms with Gasteiger partial charge in [0.15, 0.2) is 0 Å². The highest BCUT2D eigenvalue weighted by atomic mass is 35.5. The zero-order valence-corrected chi connectivity index (χ0v) is 18.2. The molecule has 33 heavy (non-hydrogen) atoms. The maximum atomic E-state index is 13.1. The third-order valence-corrected chi connectivity index (χ3v) is 5.18. The number of imide groups is 2. The van der Waals surface area contributed by atoms with Gasteiger partial charge in [-0.3, -0.25) is 14.9 Å². The van der Waals surface area contributed by atoms with E-state index in [9.17, 15) is 18.8 Å².